The van der Waals surface area contributed by atoms with E-state index in [9.17, 15) is 0 Å². The molecule has 0 saturated heterocycles. The van der Waals surface area contributed by atoms with Crippen LogP contribution in [0.15, 0.2) is 17.5 Å². The fourth-order valence-electron chi connectivity index (χ4n) is 1.21. The summed E-state index contributed by atoms with van der Waals surface area (Å²) in [5.41, 5.74) is 7.49. The zero-order chi connectivity index (χ0) is 9.42. The number of nitrogens with two attached hydrogens (primary N) is 1. The summed E-state index contributed by atoms with van der Waals surface area (Å²) in [4.78, 5) is 0. The molecule has 0 aliphatic rings. The zero-order valence-corrected chi connectivity index (χ0v) is 9.01. The molecule has 1 aromatic carbocycles. The average Bonchev–Trinajstić information content (AvgIpc) is 2.47. The van der Waals surface area contributed by atoms with Crippen molar-refractivity contribution in [2.75, 3.05) is 5.73 Å². The minimum absolute atomic E-state index is 0.437. The zero-order valence-electron chi connectivity index (χ0n) is 6.68. The molecule has 1 heterocycles. The molecule has 0 bridgehead atoms. The van der Waals surface area contributed by atoms with Gasteiger partial charge in [-0.2, -0.15) is 0 Å². The van der Waals surface area contributed by atoms with E-state index in [0.717, 1.165) is 21.3 Å². The van der Waals surface area contributed by atoms with E-state index >= 15 is 0 Å². The maximum atomic E-state index is 6.00. The summed E-state index contributed by atoms with van der Waals surface area (Å²) in [5, 5.41) is 3.62. The van der Waals surface area contributed by atoms with Crippen LogP contribution >= 0.6 is 34.5 Å². The Hall–Kier alpha value is -0.440. The second kappa shape index (κ2) is 3.37. The Morgan fingerprint density at radius 3 is 2.85 bits per heavy atom. The smallest absolute Gasteiger partial charge is 0.0503 e. The van der Waals surface area contributed by atoms with Gasteiger partial charge in [0.1, 0.15) is 0 Å². The van der Waals surface area contributed by atoms with Crippen molar-refractivity contribution >= 4 is 50.3 Å². The van der Waals surface area contributed by atoms with Crippen molar-refractivity contribution in [1.82, 2.24) is 0 Å². The number of anilines is 1. The van der Waals surface area contributed by atoms with Crippen LogP contribution in [0.3, 0.4) is 0 Å². The predicted octanol–water partition coefficient (Wildman–Crippen LogP) is 3.88. The first-order valence-corrected chi connectivity index (χ1v) is 5.52. The Morgan fingerprint density at radius 2 is 2.15 bits per heavy atom. The van der Waals surface area contributed by atoms with Gasteiger partial charge in [-0.05, 0) is 17.7 Å². The highest BCUT2D eigenvalue weighted by atomic mass is 35.5. The van der Waals surface area contributed by atoms with Gasteiger partial charge in [-0.15, -0.1) is 22.9 Å². The van der Waals surface area contributed by atoms with E-state index in [-0.39, 0.29) is 0 Å². The maximum Gasteiger partial charge on any atom is 0.0503 e. The van der Waals surface area contributed by atoms with Crippen molar-refractivity contribution < 1.29 is 0 Å². The molecule has 0 fully saturated rings. The Balaban J connectivity index is 2.76. The van der Waals surface area contributed by atoms with E-state index in [1.165, 1.54) is 0 Å². The number of rotatable bonds is 1. The maximum absolute atomic E-state index is 6.00. The third-order valence-electron chi connectivity index (χ3n) is 1.92. The number of nitrogen functional groups attached to an aromatic ring is 1. The molecule has 1 nitrogen and oxygen atoms in total. The van der Waals surface area contributed by atoms with E-state index in [0.29, 0.717) is 10.9 Å². The number of thiophene rings is 1. The molecule has 1 aromatic heterocycles. The Morgan fingerprint density at radius 1 is 1.38 bits per heavy atom. The molecule has 0 aliphatic heterocycles. The van der Waals surface area contributed by atoms with E-state index in [1.54, 1.807) is 11.3 Å². The second-order valence-electron chi connectivity index (χ2n) is 2.76. The average molecular weight is 232 g/mol. The van der Waals surface area contributed by atoms with E-state index in [1.807, 2.05) is 17.5 Å². The van der Waals surface area contributed by atoms with Crippen molar-refractivity contribution in [3.63, 3.8) is 0 Å². The van der Waals surface area contributed by atoms with Crippen molar-refractivity contribution in [2.24, 2.45) is 0 Å². The summed E-state index contributed by atoms with van der Waals surface area (Å²) in [7, 11) is 0. The molecular formula is C9H7Cl2NS. The standard InChI is InChI=1S/C9H7Cl2NS/c10-3-5-1-9-6(2-7(5)11)8(12)4-13-9/h1-2,4H,3,12H2. The molecule has 0 aliphatic carbocycles. The van der Waals surface area contributed by atoms with Gasteiger partial charge in [0.25, 0.3) is 0 Å². The molecule has 0 radical (unpaired) electrons. The first kappa shape index (κ1) is 9.13. The second-order valence-corrected chi connectivity index (χ2v) is 4.35. The lowest BCUT2D eigenvalue weighted by atomic mass is 10.2. The first-order chi connectivity index (χ1) is 6.22. The van der Waals surface area contributed by atoms with Crippen LogP contribution in [-0.2, 0) is 5.88 Å². The molecule has 0 saturated carbocycles. The van der Waals surface area contributed by atoms with Crippen LogP contribution in [0.5, 0.6) is 0 Å². The topological polar surface area (TPSA) is 26.0 Å². The molecular weight excluding hydrogens is 225 g/mol. The quantitative estimate of drug-likeness (QED) is 0.742. The Bertz CT molecular complexity index is 450. The molecule has 4 heteroatoms. The Labute approximate surface area is 90.1 Å². The normalized spacial score (nSPS) is 10.9. The van der Waals surface area contributed by atoms with Gasteiger partial charge < -0.3 is 5.73 Å². The fraction of sp³-hybridized carbons (Fsp3) is 0.111. The van der Waals surface area contributed by atoms with Gasteiger partial charge in [0.2, 0.25) is 0 Å². The van der Waals surface area contributed by atoms with Crippen LogP contribution in [0.4, 0.5) is 5.69 Å². The SMILES string of the molecule is Nc1csc2cc(CCl)c(Cl)cc12. The molecule has 0 spiro atoms. The summed E-state index contributed by atoms with van der Waals surface area (Å²) in [6.45, 7) is 0. The number of halogens is 2. The number of hydrogen-bond donors (Lipinski definition) is 1. The minimum Gasteiger partial charge on any atom is -0.398 e. The van der Waals surface area contributed by atoms with Crippen molar-refractivity contribution in [3.8, 4) is 0 Å². The lowest BCUT2D eigenvalue weighted by Crippen LogP contribution is -1.83. The van der Waals surface area contributed by atoms with Crippen LogP contribution in [0.25, 0.3) is 10.1 Å². The fourth-order valence-corrected chi connectivity index (χ4v) is 2.63. The van der Waals surface area contributed by atoms with E-state index in [4.69, 9.17) is 28.9 Å². The summed E-state index contributed by atoms with van der Waals surface area (Å²) in [6, 6.07) is 3.87. The summed E-state index contributed by atoms with van der Waals surface area (Å²) < 4.78 is 1.14. The van der Waals surface area contributed by atoms with E-state index in [2.05, 4.69) is 0 Å². The van der Waals surface area contributed by atoms with Gasteiger partial charge in [0, 0.05) is 26.4 Å². The van der Waals surface area contributed by atoms with Crippen LogP contribution in [-0.4, -0.2) is 0 Å². The van der Waals surface area contributed by atoms with Gasteiger partial charge in [-0.3, -0.25) is 0 Å². The van der Waals surface area contributed by atoms with Crippen molar-refractivity contribution in [3.05, 3.63) is 28.1 Å². The molecule has 2 N–H and O–H groups in total. The lowest BCUT2D eigenvalue weighted by molar-refractivity contribution is 1.43. The molecule has 0 unspecified atom stereocenters. The van der Waals surface area contributed by atoms with Crippen LogP contribution in [0.1, 0.15) is 5.56 Å². The van der Waals surface area contributed by atoms with Crippen LogP contribution in [0.2, 0.25) is 5.02 Å². The number of alkyl halides is 1. The monoisotopic (exact) mass is 231 g/mol. The van der Waals surface area contributed by atoms with Gasteiger partial charge in [0.15, 0.2) is 0 Å². The first-order valence-electron chi connectivity index (χ1n) is 3.73. The predicted molar refractivity (Wildman–Crippen MR) is 60.8 cm³/mol. The van der Waals surface area contributed by atoms with Crippen molar-refractivity contribution in [2.45, 2.75) is 5.88 Å². The molecule has 2 aromatic rings. The van der Waals surface area contributed by atoms with Gasteiger partial charge in [-0.1, -0.05) is 11.6 Å². The van der Waals surface area contributed by atoms with E-state index < -0.39 is 0 Å². The highest BCUT2D eigenvalue weighted by molar-refractivity contribution is 7.17. The molecule has 2 rings (SSSR count). The third-order valence-corrected chi connectivity index (χ3v) is 3.52. The number of hydrogen-bond acceptors (Lipinski definition) is 2. The Kier molecular flexibility index (Phi) is 2.37. The number of fused-ring (bicyclic) bond motifs is 1. The third kappa shape index (κ3) is 1.50. The minimum atomic E-state index is 0.437. The highest BCUT2D eigenvalue weighted by Gasteiger charge is 2.05. The van der Waals surface area contributed by atoms with Crippen molar-refractivity contribution in [1.29, 1.82) is 0 Å². The van der Waals surface area contributed by atoms with Gasteiger partial charge >= 0.3 is 0 Å². The van der Waals surface area contributed by atoms with Gasteiger partial charge in [0.05, 0.1) is 5.69 Å². The summed E-state index contributed by atoms with van der Waals surface area (Å²) in [6.07, 6.45) is 0. The largest absolute Gasteiger partial charge is 0.398 e. The molecule has 68 valence electrons. The highest BCUT2D eigenvalue weighted by Crippen LogP contribution is 2.33. The van der Waals surface area contributed by atoms with Crippen LogP contribution < -0.4 is 5.73 Å². The summed E-state index contributed by atoms with van der Waals surface area (Å²) in [5.74, 6) is 0.437. The van der Waals surface area contributed by atoms with Crippen LogP contribution in [0, 0.1) is 0 Å². The molecule has 0 amide bonds. The molecule has 0 atom stereocenters. The summed E-state index contributed by atoms with van der Waals surface area (Å²) >= 11 is 13.3. The van der Waals surface area contributed by atoms with Gasteiger partial charge in [-0.25, -0.2) is 0 Å². The lowest BCUT2D eigenvalue weighted by Gasteiger charge is -2.00. The number of benzene rings is 1. The molecule has 13 heavy (non-hydrogen) atoms.